The van der Waals surface area contributed by atoms with Gasteiger partial charge in [0.1, 0.15) is 23.9 Å². The topological polar surface area (TPSA) is 87.9 Å². The Labute approximate surface area is 188 Å². The lowest BCUT2D eigenvalue weighted by atomic mass is 10.2. The largest absolute Gasteiger partial charge is 0.492 e. The van der Waals surface area contributed by atoms with Crippen molar-refractivity contribution >= 4 is 23.5 Å². The molecule has 1 amide bonds. The van der Waals surface area contributed by atoms with Crippen molar-refractivity contribution in [2.24, 2.45) is 0 Å². The van der Waals surface area contributed by atoms with E-state index in [1.807, 2.05) is 30.5 Å². The summed E-state index contributed by atoms with van der Waals surface area (Å²) in [7, 11) is 3.48. The van der Waals surface area contributed by atoms with Gasteiger partial charge in [0.2, 0.25) is 0 Å². The Bertz CT molecular complexity index is 932. The molecule has 32 heavy (non-hydrogen) atoms. The molecule has 0 bridgehead atoms. The zero-order valence-corrected chi connectivity index (χ0v) is 18.5. The monoisotopic (exact) mass is 476 g/mol. The van der Waals surface area contributed by atoms with Gasteiger partial charge in [-0.1, -0.05) is 11.6 Å². The number of rotatable bonds is 5. The number of amides is 1. The Balaban J connectivity index is 0.000000451. The number of carbonyl (C=O) groups is 2. The molecule has 0 saturated carbocycles. The van der Waals surface area contributed by atoms with Crippen molar-refractivity contribution in [2.75, 3.05) is 33.8 Å². The van der Waals surface area contributed by atoms with Crippen molar-refractivity contribution in [2.45, 2.75) is 25.7 Å². The number of alkyl halides is 3. The zero-order chi connectivity index (χ0) is 24.1. The van der Waals surface area contributed by atoms with E-state index in [9.17, 15) is 18.0 Å². The third-order valence-electron chi connectivity index (χ3n) is 4.69. The average molecular weight is 477 g/mol. The van der Waals surface area contributed by atoms with Gasteiger partial charge in [-0.25, -0.2) is 9.78 Å². The maximum atomic E-state index is 12.1. The van der Waals surface area contributed by atoms with E-state index in [0.717, 1.165) is 31.2 Å². The average Bonchev–Trinajstić information content (AvgIpc) is 3.15. The minimum absolute atomic E-state index is 0.0632. The number of hydrogen-bond donors (Lipinski definition) is 1. The lowest BCUT2D eigenvalue weighted by molar-refractivity contribution is -0.192. The smallest absolute Gasteiger partial charge is 0.490 e. The van der Waals surface area contributed by atoms with E-state index < -0.39 is 12.1 Å². The van der Waals surface area contributed by atoms with Crippen LogP contribution in [0, 0.1) is 0 Å². The lowest BCUT2D eigenvalue weighted by Gasteiger charge is -2.33. The standard InChI is InChI=1S/C18H23ClN4O2.C2HF3O2/c1-13-17-20-16(18(24)21(2)3)12-23(17)9-8-22(13)10-11-25-15-6-4-14(19)5-7-15;3-2(4,5)1(6)7/h4-7,12-13H,8-11H2,1-3H3;(H,6,7). The highest BCUT2D eigenvalue weighted by Crippen LogP contribution is 2.25. The first kappa shape index (κ1) is 25.5. The van der Waals surface area contributed by atoms with E-state index in [1.165, 1.54) is 0 Å². The van der Waals surface area contributed by atoms with Crippen LogP contribution >= 0.6 is 11.6 Å². The molecule has 176 valence electrons. The summed E-state index contributed by atoms with van der Waals surface area (Å²) in [5.74, 6) is -1.07. The van der Waals surface area contributed by atoms with Crippen LogP contribution in [-0.4, -0.2) is 76.3 Å². The van der Waals surface area contributed by atoms with Gasteiger partial charge in [0.05, 0.1) is 6.04 Å². The zero-order valence-electron chi connectivity index (χ0n) is 17.8. The quantitative estimate of drug-likeness (QED) is 0.712. The summed E-state index contributed by atoms with van der Waals surface area (Å²) in [6.07, 6.45) is -3.23. The molecule has 8 nitrogen and oxygen atoms in total. The number of imidazole rings is 1. The number of carboxylic acids is 1. The summed E-state index contributed by atoms with van der Waals surface area (Å²) >= 11 is 5.88. The van der Waals surface area contributed by atoms with Crippen molar-refractivity contribution in [3.8, 4) is 5.75 Å². The number of aromatic nitrogens is 2. The molecule has 0 radical (unpaired) electrons. The predicted molar refractivity (Wildman–Crippen MR) is 111 cm³/mol. The van der Waals surface area contributed by atoms with Crippen molar-refractivity contribution in [1.29, 1.82) is 0 Å². The van der Waals surface area contributed by atoms with Gasteiger partial charge in [-0.15, -0.1) is 0 Å². The number of nitrogens with zero attached hydrogens (tertiary/aromatic N) is 4. The van der Waals surface area contributed by atoms with Crippen molar-refractivity contribution in [3.63, 3.8) is 0 Å². The van der Waals surface area contributed by atoms with Crippen LogP contribution in [0.4, 0.5) is 13.2 Å². The summed E-state index contributed by atoms with van der Waals surface area (Å²) in [6.45, 7) is 5.24. The van der Waals surface area contributed by atoms with E-state index in [2.05, 4.69) is 21.4 Å². The molecule has 2 heterocycles. The van der Waals surface area contributed by atoms with Gasteiger partial charge < -0.3 is 19.3 Å². The molecule has 12 heteroatoms. The molecule has 1 N–H and O–H groups in total. The molecule has 1 aromatic heterocycles. The first-order valence-corrected chi connectivity index (χ1v) is 9.99. The van der Waals surface area contributed by atoms with Crippen LogP contribution in [0.25, 0.3) is 0 Å². The molecule has 0 spiro atoms. The summed E-state index contributed by atoms with van der Waals surface area (Å²) in [4.78, 5) is 29.4. The Morgan fingerprint density at radius 2 is 1.84 bits per heavy atom. The molecule has 0 saturated heterocycles. The van der Waals surface area contributed by atoms with Crippen LogP contribution in [0.2, 0.25) is 5.02 Å². The van der Waals surface area contributed by atoms with Crippen LogP contribution in [0.3, 0.4) is 0 Å². The fourth-order valence-corrected chi connectivity index (χ4v) is 3.11. The molecule has 3 rings (SSSR count). The summed E-state index contributed by atoms with van der Waals surface area (Å²) in [5.41, 5.74) is 0.506. The Morgan fingerprint density at radius 3 is 2.38 bits per heavy atom. The second-order valence-corrected chi connectivity index (χ2v) is 7.63. The Hall–Kier alpha value is -2.79. The van der Waals surface area contributed by atoms with Crippen LogP contribution < -0.4 is 4.74 Å². The summed E-state index contributed by atoms with van der Waals surface area (Å²) < 4.78 is 39.6. The highest BCUT2D eigenvalue weighted by molar-refractivity contribution is 6.30. The maximum Gasteiger partial charge on any atom is 0.490 e. The van der Waals surface area contributed by atoms with E-state index in [0.29, 0.717) is 17.3 Å². The van der Waals surface area contributed by atoms with Gasteiger partial charge in [0.15, 0.2) is 0 Å². The highest BCUT2D eigenvalue weighted by atomic mass is 35.5. The second-order valence-electron chi connectivity index (χ2n) is 7.19. The van der Waals surface area contributed by atoms with Crippen molar-refractivity contribution in [1.82, 2.24) is 19.4 Å². The van der Waals surface area contributed by atoms with Crippen LogP contribution in [0.15, 0.2) is 30.5 Å². The number of benzene rings is 1. The molecule has 1 aliphatic rings. The molecule has 2 aromatic rings. The Morgan fingerprint density at radius 1 is 1.25 bits per heavy atom. The first-order valence-electron chi connectivity index (χ1n) is 9.61. The molecular weight excluding hydrogens is 453 g/mol. The molecule has 0 aliphatic carbocycles. The molecule has 1 atom stereocenters. The minimum atomic E-state index is -5.08. The minimum Gasteiger partial charge on any atom is -0.492 e. The molecule has 1 unspecified atom stereocenters. The molecule has 1 aliphatic heterocycles. The SMILES string of the molecule is CC1c2nc(C(=O)N(C)C)cn2CCN1CCOc1ccc(Cl)cc1.O=C(O)C(F)(F)F. The van der Waals surface area contributed by atoms with Gasteiger partial charge in [0.25, 0.3) is 5.91 Å². The first-order chi connectivity index (χ1) is 14.9. The van der Waals surface area contributed by atoms with Gasteiger partial charge in [0, 0.05) is 44.9 Å². The van der Waals surface area contributed by atoms with E-state index >= 15 is 0 Å². The third-order valence-corrected chi connectivity index (χ3v) is 4.94. The number of fused-ring (bicyclic) bond motifs is 1. The highest BCUT2D eigenvalue weighted by Gasteiger charge is 2.38. The number of hydrogen-bond acceptors (Lipinski definition) is 5. The fraction of sp³-hybridized carbons (Fsp3) is 0.450. The van der Waals surface area contributed by atoms with Crippen molar-refractivity contribution < 1.29 is 32.6 Å². The van der Waals surface area contributed by atoms with E-state index in [4.69, 9.17) is 26.2 Å². The lowest BCUT2D eigenvalue weighted by Crippen LogP contribution is -2.39. The van der Waals surface area contributed by atoms with Gasteiger partial charge in [-0.05, 0) is 31.2 Å². The molecule has 1 aromatic carbocycles. The predicted octanol–water partition coefficient (Wildman–Crippen LogP) is 3.33. The summed E-state index contributed by atoms with van der Waals surface area (Å²) in [5, 5.41) is 7.83. The molecular formula is C20H24ClF3N4O4. The van der Waals surface area contributed by atoms with E-state index in [-0.39, 0.29) is 11.9 Å². The number of carbonyl (C=O) groups excluding carboxylic acids is 1. The number of ether oxygens (including phenoxy) is 1. The molecule has 0 fully saturated rings. The number of carboxylic acid groups (broad SMARTS) is 1. The normalized spacial score (nSPS) is 15.9. The van der Waals surface area contributed by atoms with Crippen LogP contribution in [-0.2, 0) is 11.3 Å². The number of halogens is 4. The van der Waals surface area contributed by atoms with Crippen LogP contribution in [0.1, 0.15) is 29.3 Å². The fourth-order valence-electron chi connectivity index (χ4n) is 2.99. The van der Waals surface area contributed by atoms with Gasteiger partial charge in [-0.2, -0.15) is 13.2 Å². The Kier molecular flexibility index (Phi) is 8.51. The summed E-state index contributed by atoms with van der Waals surface area (Å²) in [6, 6.07) is 7.52. The maximum absolute atomic E-state index is 12.1. The van der Waals surface area contributed by atoms with Crippen LogP contribution in [0.5, 0.6) is 5.75 Å². The van der Waals surface area contributed by atoms with Gasteiger partial charge in [-0.3, -0.25) is 9.69 Å². The van der Waals surface area contributed by atoms with Crippen molar-refractivity contribution in [3.05, 3.63) is 47.0 Å². The third kappa shape index (κ3) is 6.86. The van der Waals surface area contributed by atoms with Gasteiger partial charge >= 0.3 is 12.1 Å². The number of aliphatic carboxylic acids is 1. The second kappa shape index (κ2) is 10.7. The van der Waals surface area contributed by atoms with E-state index in [1.54, 1.807) is 19.0 Å².